The molecule has 2 heteroatoms. The molecule has 0 aliphatic heterocycles. The molecule has 0 aliphatic rings. The third-order valence-electron chi connectivity index (χ3n) is 1.68. The van der Waals surface area contributed by atoms with Crippen molar-refractivity contribution in [3.8, 4) is 0 Å². The molecule has 0 saturated heterocycles. The summed E-state index contributed by atoms with van der Waals surface area (Å²) < 4.78 is 0. The van der Waals surface area contributed by atoms with Crippen molar-refractivity contribution in [2.24, 2.45) is 0 Å². The van der Waals surface area contributed by atoms with Crippen LogP contribution in [0.3, 0.4) is 0 Å². The Morgan fingerprint density at radius 3 is 2.36 bits per heavy atom. The van der Waals surface area contributed by atoms with Crippen LogP contribution < -0.4 is 0 Å². The highest BCUT2D eigenvalue weighted by Crippen LogP contribution is 2.00. The normalized spacial score (nSPS) is 9.27. The molecule has 0 aromatic rings. The Balaban J connectivity index is 3.69. The second-order valence-electron chi connectivity index (χ2n) is 2.39. The van der Waals surface area contributed by atoms with Gasteiger partial charge in [-0.25, -0.2) is 0 Å². The average Bonchev–Trinajstić information content (AvgIpc) is 2.03. The van der Waals surface area contributed by atoms with Crippen LogP contribution >= 0.6 is 12.2 Å². The molecule has 0 amide bonds. The summed E-state index contributed by atoms with van der Waals surface area (Å²) in [6.45, 7) is 9.96. The van der Waals surface area contributed by atoms with Gasteiger partial charge in [-0.15, -0.1) is 6.58 Å². The van der Waals surface area contributed by atoms with Crippen molar-refractivity contribution < 1.29 is 0 Å². The summed E-state index contributed by atoms with van der Waals surface area (Å²) >= 11 is 5.22. The highest BCUT2D eigenvalue weighted by molar-refractivity contribution is 7.80. The highest BCUT2D eigenvalue weighted by Gasteiger charge is 2.02. The zero-order valence-corrected chi connectivity index (χ0v) is 8.28. The Morgan fingerprint density at radius 1 is 1.45 bits per heavy atom. The summed E-state index contributed by atoms with van der Waals surface area (Å²) in [6, 6.07) is 0. The van der Waals surface area contributed by atoms with Gasteiger partial charge < -0.3 is 4.90 Å². The van der Waals surface area contributed by atoms with E-state index >= 15 is 0 Å². The first kappa shape index (κ1) is 10.6. The summed E-state index contributed by atoms with van der Waals surface area (Å²) in [6.07, 6.45) is 3.88. The van der Waals surface area contributed by atoms with Crippen molar-refractivity contribution in [3.63, 3.8) is 0 Å². The predicted molar refractivity (Wildman–Crippen MR) is 55.0 cm³/mol. The second-order valence-corrected chi connectivity index (χ2v) is 2.86. The molecule has 0 rings (SSSR count). The van der Waals surface area contributed by atoms with Crippen LogP contribution in [0.1, 0.15) is 26.7 Å². The molecule has 0 heterocycles. The Labute approximate surface area is 75.1 Å². The van der Waals surface area contributed by atoms with E-state index in [0.29, 0.717) is 0 Å². The molecule has 0 aromatic carbocycles. The number of hydrogen-bond donors (Lipinski definition) is 0. The van der Waals surface area contributed by atoms with Crippen LogP contribution in [-0.4, -0.2) is 23.0 Å². The molecule has 1 nitrogen and oxygen atoms in total. The minimum Gasteiger partial charge on any atom is -0.367 e. The third-order valence-corrected chi connectivity index (χ3v) is 2.14. The van der Waals surface area contributed by atoms with Gasteiger partial charge in [-0.2, -0.15) is 0 Å². The van der Waals surface area contributed by atoms with Crippen LogP contribution in [-0.2, 0) is 0 Å². The van der Waals surface area contributed by atoms with Crippen LogP contribution in [0, 0.1) is 0 Å². The van der Waals surface area contributed by atoms with Crippen molar-refractivity contribution in [2.75, 3.05) is 13.1 Å². The van der Waals surface area contributed by atoms with Gasteiger partial charge in [-0.05, 0) is 20.3 Å². The van der Waals surface area contributed by atoms with Gasteiger partial charge in [-0.3, -0.25) is 0 Å². The van der Waals surface area contributed by atoms with Crippen LogP contribution in [0.5, 0.6) is 0 Å². The van der Waals surface area contributed by atoms with E-state index in [-0.39, 0.29) is 0 Å². The van der Waals surface area contributed by atoms with Gasteiger partial charge in [0.2, 0.25) is 0 Å². The Hall–Kier alpha value is -0.370. The predicted octanol–water partition coefficient (Wildman–Crippen LogP) is 2.62. The van der Waals surface area contributed by atoms with Gasteiger partial charge in [0, 0.05) is 19.5 Å². The molecule has 11 heavy (non-hydrogen) atoms. The molecular formula is C9H17NS. The SMILES string of the molecule is C=CCCC(=S)N(CC)CC. The maximum absolute atomic E-state index is 5.22. The zero-order chi connectivity index (χ0) is 8.69. The van der Waals surface area contributed by atoms with E-state index in [1.54, 1.807) is 0 Å². The molecule has 0 N–H and O–H groups in total. The number of hydrogen-bond acceptors (Lipinski definition) is 1. The van der Waals surface area contributed by atoms with Crippen LogP contribution in [0.4, 0.5) is 0 Å². The van der Waals surface area contributed by atoms with Gasteiger partial charge in [0.05, 0.1) is 4.99 Å². The van der Waals surface area contributed by atoms with E-state index in [1.807, 2.05) is 6.08 Å². The smallest absolute Gasteiger partial charge is 0.0782 e. The Morgan fingerprint density at radius 2 is 2.00 bits per heavy atom. The molecule has 0 aromatic heterocycles. The summed E-state index contributed by atoms with van der Waals surface area (Å²) in [7, 11) is 0. The average molecular weight is 171 g/mol. The lowest BCUT2D eigenvalue weighted by molar-refractivity contribution is 0.464. The quantitative estimate of drug-likeness (QED) is 0.462. The van der Waals surface area contributed by atoms with Gasteiger partial charge >= 0.3 is 0 Å². The summed E-state index contributed by atoms with van der Waals surface area (Å²) in [5.74, 6) is 0. The zero-order valence-electron chi connectivity index (χ0n) is 7.47. The first-order valence-corrected chi connectivity index (χ1v) is 4.55. The number of thiocarbonyl (C=S) groups is 1. The summed E-state index contributed by atoms with van der Waals surface area (Å²) in [4.78, 5) is 3.27. The van der Waals surface area contributed by atoms with Crippen LogP contribution in [0.15, 0.2) is 12.7 Å². The van der Waals surface area contributed by atoms with Crippen molar-refractivity contribution in [2.45, 2.75) is 26.7 Å². The largest absolute Gasteiger partial charge is 0.367 e. The highest BCUT2D eigenvalue weighted by atomic mass is 32.1. The number of rotatable bonds is 5. The third kappa shape index (κ3) is 4.14. The Kier molecular flexibility index (Phi) is 6.13. The van der Waals surface area contributed by atoms with E-state index < -0.39 is 0 Å². The fraction of sp³-hybridized carbons (Fsp3) is 0.667. The molecule has 64 valence electrons. The fourth-order valence-electron chi connectivity index (χ4n) is 0.960. The van der Waals surface area contributed by atoms with Crippen molar-refractivity contribution in [1.82, 2.24) is 4.90 Å². The van der Waals surface area contributed by atoms with E-state index in [0.717, 1.165) is 30.9 Å². The first-order chi connectivity index (χ1) is 5.26. The second kappa shape index (κ2) is 6.35. The maximum atomic E-state index is 5.22. The van der Waals surface area contributed by atoms with Gasteiger partial charge in [0.15, 0.2) is 0 Å². The lowest BCUT2D eigenvalue weighted by atomic mass is 10.3. The lowest BCUT2D eigenvalue weighted by Gasteiger charge is -2.20. The topological polar surface area (TPSA) is 3.24 Å². The standard InChI is InChI=1S/C9H17NS/c1-4-7-8-9(11)10(5-2)6-3/h4H,1,5-8H2,2-3H3. The number of allylic oxidation sites excluding steroid dienone is 1. The van der Waals surface area contributed by atoms with E-state index in [2.05, 4.69) is 25.3 Å². The molecule has 0 aliphatic carbocycles. The molecule has 0 radical (unpaired) electrons. The number of nitrogens with zero attached hydrogens (tertiary/aromatic N) is 1. The van der Waals surface area contributed by atoms with Crippen molar-refractivity contribution in [3.05, 3.63) is 12.7 Å². The lowest BCUT2D eigenvalue weighted by Crippen LogP contribution is -2.28. The van der Waals surface area contributed by atoms with E-state index in [9.17, 15) is 0 Å². The van der Waals surface area contributed by atoms with Crippen molar-refractivity contribution in [1.29, 1.82) is 0 Å². The minimum absolute atomic E-state index is 0.973. The maximum Gasteiger partial charge on any atom is 0.0782 e. The van der Waals surface area contributed by atoms with Crippen molar-refractivity contribution >= 4 is 17.2 Å². The Bertz CT molecular complexity index is 128. The van der Waals surface area contributed by atoms with E-state index in [4.69, 9.17) is 12.2 Å². The molecule has 0 atom stereocenters. The monoisotopic (exact) mass is 171 g/mol. The van der Waals surface area contributed by atoms with Gasteiger partial charge in [0.1, 0.15) is 0 Å². The van der Waals surface area contributed by atoms with E-state index in [1.165, 1.54) is 0 Å². The summed E-state index contributed by atoms with van der Waals surface area (Å²) in [5, 5.41) is 0. The molecule has 0 bridgehead atoms. The van der Waals surface area contributed by atoms with Gasteiger partial charge in [0.25, 0.3) is 0 Å². The van der Waals surface area contributed by atoms with Crippen LogP contribution in [0.25, 0.3) is 0 Å². The molecule has 0 unspecified atom stereocenters. The summed E-state index contributed by atoms with van der Waals surface area (Å²) in [5.41, 5.74) is 0. The molecular weight excluding hydrogens is 154 g/mol. The first-order valence-electron chi connectivity index (χ1n) is 4.14. The molecule has 0 fully saturated rings. The molecule has 0 spiro atoms. The fourth-order valence-corrected chi connectivity index (χ4v) is 1.34. The molecule has 0 saturated carbocycles. The van der Waals surface area contributed by atoms with Gasteiger partial charge in [-0.1, -0.05) is 18.3 Å². The minimum atomic E-state index is 0.973. The van der Waals surface area contributed by atoms with Crippen LogP contribution in [0.2, 0.25) is 0 Å².